The molecule has 1 aliphatic rings. The summed E-state index contributed by atoms with van der Waals surface area (Å²) in [4.78, 5) is 0. The Morgan fingerprint density at radius 1 is 1.38 bits per heavy atom. The summed E-state index contributed by atoms with van der Waals surface area (Å²) < 4.78 is 0. The van der Waals surface area contributed by atoms with Crippen LogP contribution >= 0.6 is 0 Å². The molecule has 0 bridgehead atoms. The molecule has 2 atom stereocenters. The maximum Gasteiger partial charge on any atom is 0 e. The van der Waals surface area contributed by atoms with Gasteiger partial charge < -0.3 is 6.42 Å². The third kappa shape index (κ3) is 2.15. The Morgan fingerprint density at radius 3 is 2.12 bits per heavy atom. The Labute approximate surface area is 77.3 Å². The first-order valence-corrected chi connectivity index (χ1v) is 3.14. The zero-order valence-corrected chi connectivity index (χ0v) is 8.56. The predicted octanol–water partition coefficient (Wildman–Crippen LogP) is 2.25. The van der Waals surface area contributed by atoms with Crippen LogP contribution in [0.25, 0.3) is 0 Å². The minimum Gasteiger partial charge on any atom is -0.325 e. The van der Waals surface area contributed by atoms with Crippen molar-refractivity contribution in [1.82, 2.24) is 0 Å². The van der Waals surface area contributed by atoms with Crippen LogP contribution in [-0.2, 0) is 32.7 Å². The van der Waals surface area contributed by atoms with Crippen LogP contribution in [0.5, 0.6) is 0 Å². The summed E-state index contributed by atoms with van der Waals surface area (Å²) in [5, 5.41) is 0. The van der Waals surface area contributed by atoms with E-state index in [0.717, 1.165) is 11.8 Å². The van der Waals surface area contributed by atoms with Gasteiger partial charge >= 0.3 is 0 Å². The van der Waals surface area contributed by atoms with Crippen molar-refractivity contribution in [2.45, 2.75) is 26.7 Å². The van der Waals surface area contributed by atoms with Crippen LogP contribution in [0.2, 0.25) is 0 Å². The zero-order chi connectivity index (χ0) is 5.28. The summed E-state index contributed by atoms with van der Waals surface area (Å²) in [6.07, 6.45) is 5.19. The minimum absolute atomic E-state index is 0. The van der Waals surface area contributed by atoms with Crippen LogP contribution < -0.4 is 0 Å². The molecule has 0 spiro atoms. The SMILES string of the molecule is CC1[CH-]CCC1C.[Y]. The molecule has 0 heterocycles. The molecule has 1 heteroatoms. The van der Waals surface area contributed by atoms with E-state index in [9.17, 15) is 0 Å². The molecule has 45 valence electrons. The van der Waals surface area contributed by atoms with Gasteiger partial charge in [0.25, 0.3) is 0 Å². The average Bonchev–Trinajstić information content (AvgIpc) is 1.91. The second-order valence-corrected chi connectivity index (χ2v) is 2.65. The molecule has 0 aromatic rings. The number of rotatable bonds is 0. The van der Waals surface area contributed by atoms with Crippen molar-refractivity contribution in [3.05, 3.63) is 6.42 Å². The Morgan fingerprint density at radius 2 is 2.00 bits per heavy atom. The van der Waals surface area contributed by atoms with E-state index >= 15 is 0 Å². The van der Waals surface area contributed by atoms with Crippen molar-refractivity contribution in [2.75, 3.05) is 0 Å². The normalized spacial score (nSPS) is 36.8. The average molecular weight is 186 g/mol. The summed E-state index contributed by atoms with van der Waals surface area (Å²) in [7, 11) is 0. The van der Waals surface area contributed by atoms with E-state index in [1.54, 1.807) is 0 Å². The molecule has 0 saturated heterocycles. The van der Waals surface area contributed by atoms with Crippen molar-refractivity contribution in [1.29, 1.82) is 0 Å². The summed E-state index contributed by atoms with van der Waals surface area (Å²) >= 11 is 0. The Balaban J connectivity index is 0.000000490. The van der Waals surface area contributed by atoms with E-state index in [1.165, 1.54) is 12.8 Å². The maximum atomic E-state index is 2.42. The first kappa shape index (κ1) is 9.10. The second-order valence-electron chi connectivity index (χ2n) is 2.65. The molecular weight excluding hydrogens is 173 g/mol. The number of hydrogen-bond donors (Lipinski definition) is 0. The molecule has 1 radical (unpaired) electrons. The van der Waals surface area contributed by atoms with Crippen LogP contribution in [0, 0.1) is 18.3 Å². The molecule has 8 heavy (non-hydrogen) atoms. The topological polar surface area (TPSA) is 0 Å². The van der Waals surface area contributed by atoms with Crippen molar-refractivity contribution < 1.29 is 32.7 Å². The molecule has 1 aliphatic carbocycles. The van der Waals surface area contributed by atoms with Crippen molar-refractivity contribution >= 4 is 0 Å². The van der Waals surface area contributed by atoms with Gasteiger partial charge in [0.2, 0.25) is 0 Å². The van der Waals surface area contributed by atoms with Gasteiger partial charge in [-0.15, -0.1) is 0 Å². The Hall–Kier alpha value is 1.10. The third-order valence-corrected chi connectivity index (χ3v) is 2.06. The van der Waals surface area contributed by atoms with Gasteiger partial charge in [-0.1, -0.05) is 26.2 Å². The van der Waals surface area contributed by atoms with Crippen molar-refractivity contribution in [3.63, 3.8) is 0 Å². The molecule has 0 aliphatic heterocycles. The van der Waals surface area contributed by atoms with E-state index in [-0.39, 0.29) is 32.7 Å². The Bertz CT molecular complexity index is 53.4. The van der Waals surface area contributed by atoms with Crippen molar-refractivity contribution in [2.24, 2.45) is 11.8 Å². The fourth-order valence-corrected chi connectivity index (χ4v) is 1.12. The Kier molecular flexibility index (Phi) is 4.56. The quantitative estimate of drug-likeness (QED) is 0.509. The first-order chi connectivity index (χ1) is 3.30. The first-order valence-electron chi connectivity index (χ1n) is 3.14. The molecule has 0 nitrogen and oxygen atoms in total. The van der Waals surface area contributed by atoms with Gasteiger partial charge in [0, 0.05) is 32.7 Å². The van der Waals surface area contributed by atoms with Crippen LogP contribution in [0.4, 0.5) is 0 Å². The summed E-state index contributed by atoms with van der Waals surface area (Å²) in [5.74, 6) is 1.85. The van der Waals surface area contributed by atoms with Gasteiger partial charge in [-0.05, 0) is 0 Å². The molecule has 2 unspecified atom stereocenters. The van der Waals surface area contributed by atoms with Crippen LogP contribution in [0.3, 0.4) is 0 Å². The third-order valence-electron chi connectivity index (χ3n) is 2.06. The fourth-order valence-electron chi connectivity index (χ4n) is 1.12. The second kappa shape index (κ2) is 4.01. The van der Waals surface area contributed by atoms with Gasteiger partial charge in [-0.25, -0.2) is 0 Å². The molecule has 1 rings (SSSR count). The fraction of sp³-hybridized carbons (Fsp3) is 0.857. The van der Waals surface area contributed by atoms with Gasteiger partial charge in [-0.2, -0.15) is 12.3 Å². The minimum atomic E-state index is 0. The molecule has 0 aromatic carbocycles. The standard InChI is InChI=1S/C7H13.Y/c1-6-4-3-5-7(6)2;/h4,6-7H,3,5H2,1-2H3;/q-1;. The van der Waals surface area contributed by atoms with E-state index < -0.39 is 0 Å². The molecule has 0 amide bonds. The molecule has 1 saturated carbocycles. The van der Waals surface area contributed by atoms with Gasteiger partial charge in [0.05, 0.1) is 0 Å². The van der Waals surface area contributed by atoms with Crippen LogP contribution in [0.15, 0.2) is 0 Å². The summed E-state index contributed by atoms with van der Waals surface area (Å²) in [6, 6.07) is 0. The largest absolute Gasteiger partial charge is 0.325 e. The van der Waals surface area contributed by atoms with E-state index in [2.05, 4.69) is 20.3 Å². The summed E-state index contributed by atoms with van der Waals surface area (Å²) in [6.45, 7) is 4.63. The van der Waals surface area contributed by atoms with Crippen LogP contribution in [-0.4, -0.2) is 0 Å². The molecule has 1 fully saturated rings. The molecule has 0 N–H and O–H groups in total. The zero-order valence-electron chi connectivity index (χ0n) is 5.72. The molecular formula is C7H13Y-. The summed E-state index contributed by atoms with van der Waals surface area (Å²) in [5.41, 5.74) is 0. The van der Waals surface area contributed by atoms with Gasteiger partial charge in [0.15, 0.2) is 0 Å². The molecule has 0 aromatic heterocycles. The predicted molar refractivity (Wildman–Crippen MR) is 31.9 cm³/mol. The smallest absolute Gasteiger partial charge is 0 e. The number of hydrogen-bond acceptors (Lipinski definition) is 0. The van der Waals surface area contributed by atoms with Gasteiger partial charge in [0.1, 0.15) is 0 Å². The van der Waals surface area contributed by atoms with Gasteiger partial charge in [-0.3, -0.25) is 0 Å². The van der Waals surface area contributed by atoms with E-state index in [0.29, 0.717) is 0 Å². The van der Waals surface area contributed by atoms with E-state index in [4.69, 9.17) is 0 Å². The maximum absolute atomic E-state index is 2.42. The van der Waals surface area contributed by atoms with Crippen molar-refractivity contribution in [3.8, 4) is 0 Å². The monoisotopic (exact) mass is 186 g/mol. The van der Waals surface area contributed by atoms with Crippen LogP contribution in [0.1, 0.15) is 26.7 Å². The van der Waals surface area contributed by atoms with E-state index in [1.807, 2.05) is 0 Å².